The smallest absolute Gasteiger partial charge is 0.0664 e. The van der Waals surface area contributed by atoms with Crippen LogP contribution in [0, 0.1) is 0 Å². The monoisotopic (exact) mass is 396 g/mol. The summed E-state index contributed by atoms with van der Waals surface area (Å²) < 4.78 is 0. The zero-order chi connectivity index (χ0) is 21.1. The van der Waals surface area contributed by atoms with Gasteiger partial charge in [-0.1, -0.05) is 62.4 Å². The first-order chi connectivity index (χ1) is 14.7. The second kappa shape index (κ2) is 8.37. The number of nitrogen functional groups attached to an aromatic ring is 2. The van der Waals surface area contributed by atoms with Crippen molar-refractivity contribution >= 4 is 34.9 Å². The molecule has 0 unspecified atom stereocenters. The van der Waals surface area contributed by atoms with Gasteiger partial charge in [0, 0.05) is 35.6 Å². The molecule has 0 saturated heterocycles. The summed E-state index contributed by atoms with van der Waals surface area (Å²) in [6, 6.07) is 16.5. The maximum absolute atomic E-state index is 5.95. The molecule has 30 heavy (non-hydrogen) atoms. The van der Waals surface area contributed by atoms with Gasteiger partial charge >= 0.3 is 0 Å². The van der Waals surface area contributed by atoms with Crippen LogP contribution < -0.4 is 22.1 Å². The fourth-order valence-corrected chi connectivity index (χ4v) is 4.01. The van der Waals surface area contributed by atoms with Gasteiger partial charge in [0.1, 0.15) is 0 Å². The molecule has 0 spiro atoms. The average Bonchev–Trinajstić information content (AvgIpc) is 2.79. The maximum Gasteiger partial charge on any atom is 0.0664 e. The molecule has 0 bridgehead atoms. The molecule has 2 aliphatic rings. The van der Waals surface area contributed by atoms with Crippen molar-refractivity contribution in [1.82, 2.24) is 0 Å². The van der Waals surface area contributed by atoms with Gasteiger partial charge < -0.3 is 22.1 Å². The molecule has 0 atom stereocenters. The average molecular weight is 397 g/mol. The van der Waals surface area contributed by atoms with E-state index in [-0.39, 0.29) is 0 Å². The zero-order valence-corrected chi connectivity index (χ0v) is 17.5. The molecule has 0 fully saturated rings. The molecule has 0 aromatic heterocycles. The lowest BCUT2D eigenvalue weighted by atomic mass is 9.90. The van der Waals surface area contributed by atoms with Crippen LogP contribution in [0.15, 0.2) is 60.7 Å². The summed E-state index contributed by atoms with van der Waals surface area (Å²) in [5, 5.41) is 7.04. The Labute approximate surface area is 178 Å². The fraction of sp³-hybridized carbons (Fsp3) is 0.154. The number of fused-ring (bicyclic) bond motifs is 3. The standard InChI is InChI=1S/C24H22N4.C2H6/c25-19-11-18(12-20(26)14-19)15-5-7-16(8-6-15)22-13-17-3-1-9-27-23(17)24-21(22)4-2-10-28-24;1-2/h1-8,11-14,27-28H,9-10,25-26H2;1-2H3. The minimum Gasteiger partial charge on any atom is -0.399 e. The first-order valence-electron chi connectivity index (χ1n) is 10.5. The van der Waals surface area contributed by atoms with Gasteiger partial charge in [0.05, 0.1) is 11.4 Å². The molecule has 4 heteroatoms. The van der Waals surface area contributed by atoms with Crippen molar-refractivity contribution in [2.45, 2.75) is 13.8 Å². The molecule has 3 aromatic carbocycles. The number of anilines is 4. The fourth-order valence-electron chi connectivity index (χ4n) is 4.01. The lowest BCUT2D eigenvalue weighted by Crippen LogP contribution is -2.13. The van der Waals surface area contributed by atoms with Gasteiger partial charge in [-0.15, -0.1) is 0 Å². The second-order valence-corrected chi connectivity index (χ2v) is 7.21. The van der Waals surface area contributed by atoms with Crippen LogP contribution in [0.1, 0.15) is 25.0 Å². The summed E-state index contributed by atoms with van der Waals surface area (Å²) in [6.07, 6.45) is 8.73. The lowest BCUT2D eigenvalue weighted by molar-refractivity contribution is 1.26. The Morgan fingerprint density at radius 3 is 1.97 bits per heavy atom. The third kappa shape index (κ3) is 3.64. The normalized spacial score (nSPS) is 13.3. The van der Waals surface area contributed by atoms with Crippen LogP contribution in [-0.4, -0.2) is 13.1 Å². The molecule has 0 aliphatic carbocycles. The molecule has 6 N–H and O–H groups in total. The first-order valence-corrected chi connectivity index (χ1v) is 10.5. The number of nitrogens with one attached hydrogen (secondary N) is 2. The Morgan fingerprint density at radius 2 is 1.27 bits per heavy atom. The van der Waals surface area contributed by atoms with Crippen LogP contribution in [0.2, 0.25) is 0 Å². The van der Waals surface area contributed by atoms with Gasteiger partial charge in [0.15, 0.2) is 0 Å². The summed E-state index contributed by atoms with van der Waals surface area (Å²) >= 11 is 0. The number of nitrogens with two attached hydrogens (primary N) is 2. The third-order valence-electron chi connectivity index (χ3n) is 5.28. The van der Waals surface area contributed by atoms with E-state index in [1.54, 1.807) is 6.07 Å². The van der Waals surface area contributed by atoms with Gasteiger partial charge in [-0.05, 0) is 46.5 Å². The summed E-state index contributed by atoms with van der Waals surface area (Å²) in [5.74, 6) is 0. The molecule has 5 rings (SSSR count). The first kappa shape index (κ1) is 19.6. The zero-order valence-electron chi connectivity index (χ0n) is 17.5. The summed E-state index contributed by atoms with van der Waals surface area (Å²) in [6.45, 7) is 5.71. The van der Waals surface area contributed by atoms with Gasteiger partial charge in [-0.3, -0.25) is 0 Å². The molecule has 3 aromatic rings. The minimum absolute atomic E-state index is 0.679. The SMILES string of the molecule is CC.Nc1cc(N)cc(-c2ccc(-c3cc4c(c5c3C=CCN5)NCC=C4)cc2)c1. The van der Waals surface area contributed by atoms with Crippen molar-refractivity contribution in [1.29, 1.82) is 0 Å². The quantitative estimate of drug-likeness (QED) is 0.395. The van der Waals surface area contributed by atoms with E-state index in [4.69, 9.17) is 11.5 Å². The number of benzene rings is 3. The van der Waals surface area contributed by atoms with E-state index in [1.807, 2.05) is 26.0 Å². The Hall–Kier alpha value is -3.66. The Balaban J connectivity index is 0.00000106. The van der Waals surface area contributed by atoms with Crippen LogP contribution in [0.3, 0.4) is 0 Å². The van der Waals surface area contributed by atoms with Gasteiger partial charge in [-0.2, -0.15) is 0 Å². The van der Waals surface area contributed by atoms with Gasteiger partial charge in [0.25, 0.3) is 0 Å². The molecular weight excluding hydrogens is 368 g/mol. The number of rotatable bonds is 2. The van der Waals surface area contributed by atoms with Gasteiger partial charge in [0.2, 0.25) is 0 Å². The highest BCUT2D eigenvalue weighted by Crippen LogP contribution is 2.42. The van der Waals surface area contributed by atoms with Crippen LogP contribution in [0.5, 0.6) is 0 Å². The highest BCUT2D eigenvalue weighted by molar-refractivity contribution is 5.96. The molecule has 0 radical (unpaired) electrons. The van der Waals surface area contributed by atoms with Crippen LogP contribution >= 0.6 is 0 Å². The van der Waals surface area contributed by atoms with Gasteiger partial charge in [-0.25, -0.2) is 0 Å². The number of hydrogen-bond donors (Lipinski definition) is 4. The van der Waals surface area contributed by atoms with Crippen molar-refractivity contribution in [3.05, 3.63) is 71.8 Å². The predicted molar refractivity (Wildman–Crippen MR) is 133 cm³/mol. The van der Waals surface area contributed by atoms with E-state index in [9.17, 15) is 0 Å². The van der Waals surface area contributed by atoms with E-state index in [0.717, 1.165) is 24.2 Å². The predicted octanol–water partition coefficient (Wildman–Crippen LogP) is 6.09. The van der Waals surface area contributed by atoms with E-state index in [1.165, 1.54) is 33.6 Å². The highest BCUT2D eigenvalue weighted by atomic mass is 15.0. The largest absolute Gasteiger partial charge is 0.399 e. The second-order valence-electron chi connectivity index (χ2n) is 7.21. The maximum atomic E-state index is 5.95. The van der Waals surface area contributed by atoms with E-state index < -0.39 is 0 Å². The molecule has 0 amide bonds. The molecule has 152 valence electrons. The van der Waals surface area contributed by atoms with Crippen LogP contribution in [0.25, 0.3) is 34.4 Å². The van der Waals surface area contributed by atoms with Crippen molar-refractivity contribution < 1.29 is 0 Å². The van der Waals surface area contributed by atoms with E-state index in [0.29, 0.717) is 11.4 Å². The molecule has 4 nitrogen and oxygen atoms in total. The summed E-state index contributed by atoms with van der Waals surface area (Å²) in [4.78, 5) is 0. The van der Waals surface area contributed by atoms with Crippen molar-refractivity contribution in [2.75, 3.05) is 35.2 Å². The van der Waals surface area contributed by atoms with Crippen LogP contribution in [0.4, 0.5) is 22.7 Å². The van der Waals surface area contributed by atoms with Crippen LogP contribution in [-0.2, 0) is 0 Å². The van der Waals surface area contributed by atoms with E-state index in [2.05, 4.69) is 65.3 Å². The molecule has 2 aliphatic heterocycles. The Kier molecular flexibility index (Phi) is 5.48. The topological polar surface area (TPSA) is 76.1 Å². The van der Waals surface area contributed by atoms with Crippen molar-refractivity contribution in [2.24, 2.45) is 0 Å². The molecule has 2 heterocycles. The minimum atomic E-state index is 0.679. The Morgan fingerprint density at radius 1 is 0.667 bits per heavy atom. The van der Waals surface area contributed by atoms with Crippen molar-refractivity contribution in [3.63, 3.8) is 0 Å². The molecule has 0 saturated carbocycles. The molecular formula is C26H28N4. The van der Waals surface area contributed by atoms with Crippen molar-refractivity contribution in [3.8, 4) is 22.3 Å². The lowest BCUT2D eigenvalue weighted by Gasteiger charge is -2.25. The third-order valence-corrected chi connectivity index (χ3v) is 5.28. The van der Waals surface area contributed by atoms with E-state index >= 15 is 0 Å². The Bertz CT molecular complexity index is 1100. The summed E-state index contributed by atoms with van der Waals surface area (Å²) in [5.41, 5.74) is 22.6. The number of hydrogen-bond acceptors (Lipinski definition) is 4. The highest BCUT2D eigenvalue weighted by Gasteiger charge is 2.19. The summed E-state index contributed by atoms with van der Waals surface area (Å²) in [7, 11) is 0.